The van der Waals surface area contributed by atoms with E-state index >= 15 is 0 Å². The molecule has 2 N–H and O–H groups in total. The van der Waals surface area contributed by atoms with Gasteiger partial charge in [-0.15, -0.1) is 6.58 Å². The van der Waals surface area contributed by atoms with Crippen LogP contribution in [0.15, 0.2) is 35.3 Å². The van der Waals surface area contributed by atoms with Gasteiger partial charge in [0.05, 0.1) is 11.6 Å². The molecule has 0 aliphatic carbocycles. The standard InChI is InChI=1S/C12H16BrNO/c1-3-4-5-11(14)9-6-7-12(15-2)10(13)8-9/h3,6-8,11H,1,4-5,14H2,2H3/t11-/m1/s1. The number of methoxy groups -OCH3 is 1. The zero-order valence-electron chi connectivity index (χ0n) is 8.87. The third kappa shape index (κ3) is 3.36. The highest BCUT2D eigenvalue weighted by atomic mass is 79.9. The molecule has 0 radical (unpaired) electrons. The Morgan fingerprint density at radius 3 is 2.87 bits per heavy atom. The van der Waals surface area contributed by atoms with Crippen molar-refractivity contribution in [3.05, 3.63) is 40.9 Å². The van der Waals surface area contributed by atoms with Gasteiger partial charge >= 0.3 is 0 Å². The molecular formula is C12H16BrNO. The maximum absolute atomic E-state index is 6.03. The SMILES string of the molecule is C=CCC[C@@H](N)c1ccc(OC)c(Br)c1. The molecule has 0 saturated heterocycles. The van der Waals surface area contributed by atoms with Crippen LogP contribution < -0.4 is 10.5 Å². The minimum Gasteiger partial charge on any atom is -0.496 e. The van der Waals surface area contributed by atoms with E-state index in [1.54, 1.807) is 7.11 Å². The molecule has 82 valence electrons. The topological polar surface area (TPSA) is 35.2 Å². The molecule has 0 aliphatic rings. The lowest BCUT2D eigenvalue weighted by molar-refractivity contribution is 0.412. The fourth-order valence-electron chi connectivity index (χ4n) is 1.38. The summed E-state index contributed by atoms with van der Waals surface area (Å²) in [7, 11) is 1.65. The molecule has 1 aromatic rings. The number of halogens is 1. The fourth-order valence-corrected chi connectivity index (χ4v) is 1.94. The van der Waals surface area contributed by atoms with E-state index in [1.165, 1.54) is 0 Å². The largest absolute Gasteiger partial charge is 0.496 e. The van der Waals surface area contributed by atoms with Gasteiger partial charge < -0.3 is 10.5 Å². The van der Waals surface area contributed by atoms with Crippen LogP contribution in [0.2, 0.25) is 0 Å². The number of hydrogen-bond acceptors (Lipinski definition) is 2. The predicted octanol–water partition coefficient (Wildman–Crippen LogP) is 3.42. The summed E-state index contributed by atoms with van der Waals surface area (Å²) in [6.45, 7) is 3.69. The predicted molar refractivity (Wildman–Crippen MR) is 67.1 cm³/mol. The Balaban J connectivity index is 2.77. The average Bonchev–Trinajstić information content (AvgIpc) is 2.25. The van der Waals surface area contributed by atoms with Crippen LogP contribution in [0.3, 0.4) is 0 Å². The van der Waals surface area contributed by atoms with Gasteiger partial charge in [0.15, 0.2) is 0 Å². The Kier molecular flexibility index (Phi) is 4.85. The molecular weight excluding hydrogens is 254 g/mol. The van der Waals surface area contributed by atoms with Crippen LogP contribution in [0, 0.1) is 0 Å². The number of rotatable bonds is 5. The summed E-state index contributed by atoms with van der Waals surface area (Å²) in [5, 5.41) is 0. The van der Waals surface area contributed by atoms with Crippen LogP contribution in [-0.4, -0.2) is 7.11 Å². The second-order valence-corrected chi connectivity index (χ2v) is 4.22. The lowest BCUT2D eigenvalue weighted by Gasteiger charge is -2.12. The molecule has 0 aromatic heterocycles. The first kappa shape index (κ1) is 12.3. The summed E-state index contributed by atoms with van der Waals surface area (Å²) >= 11 is 3.44. The van der Waals surface area contributed by atoms with E-state index in [-0.39, 0.29) is 6.04 Å². The minimum absolute atomic E-state index is 0.0604. The average molecular weight is 270 g/mol. The van der Waals surface area contributed by atoms with Gasteiger partial charge in [0.25, 0.3) is 0 Å². The number of ether oxygens (including phenoxy) is 1. The lowest BCUT2D eigenvalue weighted by Crippen LogP contribution is -2.09. The monoisotopic (exact) mass is 269 g/mol. The number of nitrogens with two attached hydrogens (primary N) is 1. The Morgan fingerprint density at radius 2 is 2.33 bits per heavy atom. The van der Waals surface area contributed by atoms with Crippen molar-refractivity contribution in [1.29, 1.82) is 0 Å². The van der Waals surface area contributed by atoms with Crippen LogP contribution in [0.4, 0.5) is 0 Å². The molecule has 0 saturated carbocycles. The molecule has 0 unspecified atom stereocenters. The van der Waals surface area contributed by atoms with Crippen molar-refractivity contribution < 1.29 is 4.74 Å². The summed E-state index contributed by atoms with van der Waals surface area (Å²) in [5.74, 6) is 0.828. The van der Waals surface area contributed by atoms with E-state index in [1.807, 2.05) is 24.3 Å². The van der Waals surface area contributed by atoms with Gasteiger partial charge in [-0.2, -0.15) is 0 Å². The second-order valence-electron chi connectivity index (χ2n) is 3.37. The van der Waals surface area contributed by atoms with Crippen LogP contribution in [0.1, 0.15) is 24.4 Å². The fraction of sp³-hybridized carbons (Fsp3) is 0.333. The Bertz CT molecular complexity index is 338. The first-order valence-electron chi connectivity index (χ1n) is 4.89. The van der Waals surface area contributed by atoms with Crippen molar-refractivity contribution in [2.75, 3.05) is 7.11 Å². The molecule has 1 atom stereocenters. The zero-order valence-corrected chi connectivity index (χ0v) is 10.5. The molecule has 1 aromatic carbocycles. The molecule has 1 rings (SSSR count). The molecule has 0 fully saturated rings. The van der Waals surface area contributed by atoms with Gasteiger partial charge in [-0.25, -0.2) is 0 Å². The van der Waals surface area contributed by atoms with Crippen molar-refractivity contribution in [3.63, 3.8) is 0 Å². The van der Waals surface area contributed by atoms with Crippen LogP contribution in [0.5, 0.6) is 5.75 Å². The molecule has 0 bridgehead atoms. The first-order chi connectivity index (χ1) is 7.19. The quantitative estimate of drug-likeness (QED) is 0.832. The summed E-state index contributed by atoms with van der Waals surface area (Å²) in [6.07, 6.45) is 3.74. The number of benzene rings is 1. The molecule has 2 nitrogen and oxygen atoms in total. The second kappa shape index (κ2) is 5.93. The maximum Gasteiger partial charge on any atom is 0.133 e. The Hall–Kier alpha value is -0.800. The van der Waals surface area contributed by atoms with Gasteiger partial charge in [-0.05, 0) is 46.5 Å². The van der Waals surface area contributed by atoms with Gasteiger partial charge in [0, 0.05) is 6.04 Å². The van der Waals surface area contributed by atoms with E-state index in [0.29, 0.717) is 0 Å². The third-order valence-corrected chi connectivity index (χ3v) is 2.91. The normalized spacial score (nSPS) is 12.2. The molecule has 0 spiro atoms. The Morgan fingerprint density at radius 1 is 1.60 bits per heavy atom. The van der Waals surface area contributed by atoms with E-state index < -0.39 is 0 Å². The summed E-state index contributed by atoms with van der Waals surface area (Å²) < 4.78 is 6.10. The highest BCUT2D eigenvalue weighted by Crippen LogP contribution is 2.28. The van der Waals surface area contributed by atoms with Crippen molar-refractivity contribution in [3.8, 4) is 5.75 Å². The molecule has 0 heterocycles. The van der Waals surface area contributed by atoms with Gasteiger partial charge in [0.1, 0.15) is 5.75 Å². The number of allylic oxidation sites excluding steroid dienone is 1. The zero-order chi connectivity index (χ0) is 11.3. The molecule has 0 amide bonds. The third-order valence-electron chi connectivity index (χ3n) is 2.29. The van der Waals surface area contributed by atoms with E-state index in [4.69, 9.17) is 10.5 Å². The summed E-state index contributed by atoms with van der Waals surface area (Å²) in [4.78, 5) is 0. The molecule has 15 heavy (non-hydrogen) atoms. The highest BCUT2D eigenvalue weighted by Gasteiger charge is 2.07. The Labute approximate surface area is 99.3 Å². The summed E-state index contributed by atoms with van der Waals surface area (Å²) in [5.41, 5.74) is 7.15. The van der Waals surface area contributed by atoms with Crippen molar-refractivity contribution in [1.82, 2.24) is 0 Å². The van der Waals surface area contributed by atoms with Crippen LogP contribution in [0.25, 0.3) is 0 Å². The van der Waals surface area contributed by atoms with Crippen LogP contribution >= 0.6 is 15.9 Å². The minimum atomic E-state index is 0.0604. The van der Waals surface area contributed by atoms with Gasteiger partial charge in [-0.1, -0.05) is 12.1 Å². The van der Waals surface area contributed by atoms with E-state index in [9.17, 15) is 0 Å². The van der Waals surface area contributed by atoms with Crippen molar-refractivity contribution >= 4 is 15.9 Å². The highest BCUT2D eigenvalue weighted by molar-refractivity contribution is 9.10. The van der Waals surface area contributed by atoms with Gasteiger partial charge in [-0.3, -0.25) is 0 Å². The smallest absolute Gasteiger partial charge is 0.133 e. The molecule has 0 aliphatic heterocycles. The molecule has 3 heteroatoms. The lowest BCUT2D eigenvalue weighted by atomic mass is 10.0. The van der Waals surface area contributed by atoms with E-state index in [2.05, 4.69) is 22.5 Å². The maximum atomic E-state index is 6.03. The summed E-state index contributed by atoms with van der Waals surface area (Å²) in [6, 6.07) is 5.99. The van der Waals surface area contributed by atoms with Crippen molar-refractivity contribution in [2.45, 2.75) is 18.9 Å². The van der Waals surface area contributed by atoms with E-state index in [0.717, 1.165) is 28.6 Å². The first-order valence-corrected chi connectivity index (χ1v) is 5.68. The van der Waals surface area contributed by atoms with Gasteiger partial charge in [0.2, 0.25) is 0 Å². The van der Waals surface area contributed by atoms with Crippen molar-refractivity contribution in [2.24, 2.45) is 5.73 Å². The van der Waals surface area contributed by atoms with Crippen LogP contribution in [-0.2, 0) is 0 Å². The number of hydrogen-bond donors (Lipinski definition) is 1.